The van der Waals surface area contributed by atoms with Crippen LogP contribution in [0.25, 0.3) is 0 Å². The Kier molecular flexibility index (Phi) is 2.37. The van der Waals surface area contributed by atoms with E-state index in [0.717, 1.165) is 0 Å². The summed E-state index contributed by atoms with van der Waals surface area (Å²) >= 11 is 2.98. The predicted molar refractivity (Wildman–Crippen MR) is 45.1 cm³/mol. The Morgan fingerprint density at radius 3 is 2.58 bits per heavy atom. The van der Waals surface area contributed by atoms with Gasteiger partial charge in [-0.3, -0.25) is 14.6 Å². The number of ether oxygens (including phenoxy) is 1. The van der Waals surface area contributed by atoms with Crippen LogP contribution in [0.5, 0.6) is 0 Å². The van der Waals surface area contributed by atoms with E-state index < -0.39 is 5.97 Å². The predicted octanol–water partition coefficient (Wildman–Crippen LogP) is 0.262. The molecule has 0 amide bonds. The number of methoxy groups -OCH3 is 1. The van der Waals surface area contributed by atoms with Crippen molar-refractivity contribution >= 4 is 21.9 Å². The molecule has 0 bridgehead atoms. The Bertz CT molecular complexity index is 365. The Labute approximate surface area is 76.4 Å². The number of hydrogen-bond donors (Lipinski definition) is 1. The molecule has 0 atom stereocenters. The lowest BCUT2D eigenvalue weighted by atomic mass is 10.4. The van der Waals surface area contributed by atoms with E-state index >= 15 is 0 Å². The molecule has 0 aliphatic rings. The summed E-state index contributed by atoms with van der Waals surface area (Å²) in [4.78, 5) is 22.0. The lowest BCUT2D eigenvalue weighted by Crippen LogP contribution is -2.08. The zero-order valence-corrected chi connectivity index (χ0v) is 8.14. The summed E-state index contributed by atoms with van der Waals surface area (Å²) in [5.41, 5.74) is -0.166. The van der Waals surface area contributed by atoms with Crippen LogP contribution in [0.1, 0.15) is 10.5 Å². The third kappa shape index (κ3) is 1.29. The molecule has 6 heteroatoms. The third-order valence-corrected chi connectivity index (χ3v) is 2.13. The van der Waals surface area contributed by atoms with Crippen LogP contribution in [-0.4, -0.2) is 22.9 Å². The van der Waals surface area contributed by atoms with E-state index in [-0.39, 0.29) is 15.7 Å². The number of aromatic amines is 1. The number of carbonyl (C=O) groups is 1. The number of carbonyl (C=O) groups excluding carboxylic acids is 1. The second-order valence-corrected chi connectivity index (χ2v) is 2.95. The van der Waals surface area contributed by atoms with Gasteiger partial charge in [-0.15, -0.1) is 0 Å². The molecule has 66 valence electrons. The van der Waals surface area contributed by atoms with Gasteiger partial charge in [0.15, 0.2) is 5.69 Å². The first-order chi connectivity index (χ1) is 5.57. The van der Waals surface area contributed by atoms with E-state index in [2.05, 4.69) is 25.8 Å². The molecule has 0 aromatic carbocycles. The highest BCUT2D eigenvalue weighted by Gasteiger charge is 2.17. The highest BCUT2D eigenvalue weighted by atomic mass is 79.9. The minimum absolute atomic E-state index is 0.183. The maximum Gasteiger partial charge on any atom is 0.357 e. The van der Waals surface area contributed by atoms with Crippen LogP contribution < -0.4 is 5.56 Å². The average Bonchev–Trinajstić information content (AvgIpc) is 2.26. The van der Waals surface area contributed by atoms with Crippen molar-refractivity contribution < 1.29 is 9.53 Å². The zero-order chi connectivity index (χ0) is 9.30. The van der Waals surface area contributed by atoms with E-state index in [1.165, 1.54) is 11.8 Å². The van der Waals surface area contributed by atoms with Crippen molar-refractivity contribution in [1.29, 1.82) is 0 Å². The summed E-state index contributed by atoms with van der Waals surface area (Å²) in [5, 5.41) is 2.40. The Morgan fingerprint density at radius 1 is 1.67 bits per heavy atom. The van der Waals surface area contributed by atoms with Crippen molar-refractivity contribution in [3.05, 3.63) is 20.5 Å². The monoisotopic (exact) mass is 234 g/mol. The zero-order valence-electron chi connectivity index (χ0n) is 6.55. The highest BCUT2D eigenvalue weighted by molar-refractivity contribution is 9.10. The molecule has 0 spiro atoms. The molecule has 0 aliphatic heterocycles. The fraction of sp³-hybridized carbons (Fsp3) is 0.333. The molecule has 1 aromatic rings. The molecule has 0 aliphatic carbocycles. The van der Waals surface area contributed by atoms with Crippen LogP contribution in [0.3, 0.4) is 0 Å². The van der Waals surface area contributed by atoms with E-state index in [9.17, 15) is 9.59 Å². The molecule has 1 heterocycles. The highest BCUT2D eigenvalue weighted by Crippen LogP contribution is 2.10. The number of aryl methyl sites for hydroxylation is 1. The van der Waals surface area contributed by atoms with Gasteiger partial charge >= 0.3 is 5.97 Å². The van der Waals surface area contributed by atoms with E-state index in [4.69, 9.17) is 0 Å². The minimum Gasteiger partial charge on any atom is -0.464 e. The van der Waals surface area contributed by atoms with E-state index in [1.54, 1.807) is 7.05 Å². The van der Waals surface area contributed by atoms with Crippen molar-refractivity contribution in [2.45, 2.75) is 0 Å². The van der Waals surface area contributed by atoms with Crippen LogP contribution in [0.4, 0.5) is 0 Å². The number of hydrogen-bond acceptors (Lipinski definition) is 3. The Morgan fingerprint density at radius 2 is 2.25 bits per heavy atom. The van der Waals surface area contributed by atoms with Gasteiger partial charge in [0.05, 0.1) is 7.11 Å². The lowest BCUT2D eigenvalue weighted by molar-refractivity contribution is 0.0587. The summed E-state index contributed by atoms with van der Waals surface area (Å²) in [5.74, 6) is -0.553. The molecule has 1 N–H and O–H groups in total. The fourth-order valence-corrected chi connectivity index (χ4v) is 1.35. The van der Waals surface area contributed by atoms with Crippen LogP contribution in [0.15, 0.2) is 9.27 Å². The summed E-state index contributed by atoms with van der Waals surface area (Å²) < 4.78 is 5.96. The smallest absolute Gasteiger partial charge is 0.357 e. The second-order valence-electron chi connectivity index (χ2n) is 2.15. The van der Waals surface area contributed by atoms with Crippen LogP contribution >= 0.6 is 15.9 Å². The minimum atomic E-state index is -0.553. The summed E-state index contributed by atoms with van der Waals surface area (Å²) in [6.07, 6.45) is 0. The van der Waals surface area contributed by atoms with Gasteiger partial charge in [0, 0.05) is 7.05 Å². The number of halogens is 1. The molecule has 1 rings (SSSR count). The molecule has 12 heavy (non-hydrogen) atoms. The average molecular weight is 235 g/mol. The molecule has 0 saturated carbocycles. The number of nitrogens with zero attached hydrogens (tertiary/aromatic N) is 1. The standard InChI is InChI=1S/C6H7BrN2O3/c1-9-4(6(11)12-2)3(7)5(10)8-9/h1-2H3,(H,8,10). The number of esters is 1. The van der Waals surface area contributed by atoms with Gasteiger partial charge in [0.1, 0.15) is 4.47 Å². The van der Waals surface area contributed by atoms with Gasteiger partial charge < -0.3 is 4.74 Å². The van der Waals surface area contributed by atoms with Crippen LogP contribution in [0, 0.1) is 0 Å². The summed E-state index contributed by atoms with van der Waals surface area (Å²) in [6, 6.07) is 0. The molecule has 0 saturated heterocycles. The van der Waals surface area contributed by atoms with Crippen LogP contribution in [-0.2, 0) is 11.8 Å². The molecular formula is C6H7BrN2O3. The second kappa shape index (κ2) is 3.14. The SMILES string of the molecule is COC(=O)c1c(Br)c(=O)[nH]n1C. The normalized spacial score (nSPS) is 9.92. The molecular weight excluding hydrogens is 228 g/mol. The summed E-state index contributed by atoms with van der Waals surface area (Å²) in [6.45, 7) is 0. The van der Waals surface area contributed by atoms with Gasteiger partial charge in [0.25, 0.3) is 5.56 Å². The maximum absolute atomic E-state index is 11.0. The Hall–Kier alpha value is -1.04. The number of aromatic nitrogens is 2. The summed E-state index contributed by atoms with van der Waals surface area (Å²) in [7, 11) is 2.81. The van der Waals surface area contributed by atoms with Crippen molar-refractivity contribution in [2.75, 3.05) is 7.11 Å². The third-order valence-electron chi connectivity index (χ3n) is 1.39. The molecule has 0 unspecified atom stereocenters. The maximum atomic E-state index is 11.0. The first-order valence-corrected chi connectivity index (χ1v) is 3.90. The fourth-order valence-electron chi connectivity index (χ4n) is 0.835. The quantitative estimate of drug-likeness (QED) is 0.710. The first kappa shape index (κ1) is 9.05. The Balaban J connectivity index is 3.32. The van der Waals surface area contributed by atoms with Crippen molar-refractivity contribution in [3.63, 3.8) is 0 Å². The van der Waals surface area contributed by atoms with E-state index in [1.807, 2.05) is 0 Å². The van der Waals surface area contributed by atoms with Gasteiger partial charge in [-0.25, -0.2) is 4.79 Å². The number of H-pyrrole nitrogens is 1. The van der Waals surface area contributed by atoms with Gasteiger partial charge in [-0.2, -0.15) is 0 Å². The van der Waals surface area contributed by atoms with Crippen LogP contribution in [0.2, 0.25) is 0 Å². The van der Waals surface area contributed by atoms with Gasteiger partial charge in [0.2, 0.25) is 0 Å². The number of rotatable bonds is 1. The van der Waals surface area contributed by atoms with Gasteiger partial charge in [-0.1, -0.05) is 0 Å². The molecule has 0 radical (unpaired) electrons. The van der Waals surface area contributed by atoms with Crippen molar-refractivity contribution in [2.24, 2.45) is 7.05 Å². The molecule has 5 nitrogen and oxygen atoms in total. The molecule has 1 aromatic heterocycles. The van der Waals surface area contributed by atoms with E-state index in [0.29, 0.717) is 0 Å². The first-order valence-electron chi connectivity index (χ1n) is 3.10. The van der Waals surface area contributed by atoms with Gasteiger partial charge in [-0.05, 0) is 15.9 Å². The number of nitrogens with one attached hydrogen (secondary N) is 1. The lowest BCUT2D eigenvalue weighted by Gasteiger charge is -1.98. The largest absolute Gasteiger partial charge is 0.464 e. The topological polar surface area (TPSA) is 64.1 Å². The van der Waals surface area contributed by atoms with Crippen molar-refractivity contribution in [3.8, 4) is 0 Å². The van der Waals surface area contributed by atoms with Crippen molar-refractivity contribution in [1.82, 2.24) is 9.78 Å². The molecule has 0 fully saturated rings.